The number of benzene rings is 2. The summed E-state index contributed by atoms with van der Waals surface area (Å²) in [5, 5.41) is 0. The third-order valence-corrected chi connectivity index (χ3v) is 6.93. The molecule has 0 amide bonds. The molecule has 1 aliphatic rings. The standard InChI is InChI=1S/C21H21FN4O2S/c1-16-2-4-17(5-3-16)20-14-21(24-15-23-20)25-10-12-26(13-11-25)29(27,28)19-8-6-18(22)7-9-19/h2-9,14-15H,10-13H2,1H3. The summed E-state index contributed by atoms with van der Waals surface area (Å²) in [5.74, 6) is 0.316. The van der Waals surface area contributed by atoms with Crippen LogP contribution in [0.4, 0.5) is 10.2 Å². The van der Waals surface area contributed by atoms with Crippen LogP contribution in [0.1, 0.15) is 5.56 Å². The number of sulfonamides is 1. The fourth-order valence-electron chi connectivity index (χ4n) is 3.32. The average Bonchev–Trinajstić information content (AvgIpc) is 2.75. The first kappa shape index (κ1) is 19.5. The molecule has 0 unspecified atom stereocenters. The predicted molar refractivity (Wildman–Crippen MR) is 110 cm³/mol. The van der Waals surface area contributed by atoms with Crippen molar-refractivity contribution in [3.63, 3.8) is 0 Å². The van der Waals surface area contributed by atoms with Crippen molar-refractivity contribution in [2.24, 2.45) is 0 Å². The number of nitrogens with zero attached hydrogens (tertiary/aromatic N) is 4. The van der Waals surface area contributed by atoms with Crippen LogP contribution in [0, 0.1) is 12.7 Å². The summed E-state index contributed by atoms with van der Waals surface area (Å²) < 4.78 is 40.1. The lowest BCUT2D eigenvalue weighted by Gasteiger charge is -2.34. The van der Waals surface area contributed by atoms with Crippen molar-refractivity contribution >= 4 is 15.8 Å². The summed E-state index contributed by atoms with van der Waals surface area (Å²) in [4.78, 5) is 10.9. The Hall–Kier alpha value is -2.84. The first-order chi connectivity index (χ1) is 13.9. The van der Waals surface area contributed by atoms with E-state index in [2.05, 4.69) is 14.9 Å². The Morgan fingerprint density at radius 3 is 2.21 bits per heavy atom. The number of aryl methyl sites for hydroxylation is 1. The molecule has 0 aliphatic carbocycles. The SMILES string of the molecule is Cc1ccc(-c2cc(N3CCN(S(=O)(=O)c4ccc(F)cc4)CC3)ncn2)cc1. The maximum atomic E-state index is 13.1. The lowest BCUT2D eigenvalue weighted by atomic mass is 10.1. The molecular formula is C21H21FN4O2S. The van der Waals surface area contributed by atoms with Crippen LogP contribution in [0.5, 0.6) is 0 Å². The molecule has 2 heterocycles. The molecule has 1 aliphatic heterocycles. The van der Waals surface area contributed by atoms with E-state index in [1.54, 1.807) is 0 Å². The minimum Gasteiger partial charge on any atom is -0.354 e. The van der Waals surface area contributed by atoms with E-state index in [1.165, 1.54) is 28.3 Å². The van der Waals surface area contributed by atoms with Crippen LogP contribution >= 0.6 is 0 Å². The molecule has 0 atom stereocenters. The normalized spacial score (nSPS) is 15.4. The number of anilines is 1. The highest BCUT2D eigenvalue weighted by Crippen LogP contribution is 2.24. The molecule has 0 N–H and O–H groups in total. The summed E-state index contributed by atoms with van der Waals surface area (Å²) in [7, 11) is -3.63. The van der Waals surface area contributed by atoms with Gasteiger partial charge in [-0.25, -0.2) is 22.8 Å². The van der Waals surface area contributed by atoms with Gasteiger partial charge in [0.15, 0.2) is 0 Å². The summed E-state index contributed by atoms with van der Waals surface area (Å²) >= 11 is 0. The largest absolute Gasteiger partial charge is 0.354 e. The summed E-state index contributed by atoms with van der Waals surface area (Å²) in [6.45, 7) is 3.75. The second kappa shape index (κ2) is 7.88. The highest BCUT2D eigenvalue weighted by Gasteiger charge is 2.29. The Morgan fingerprint density at radius 1 is 0.897 bits per heavy atom. The van der Waals surface area contributed by atoms with Crippen molar-refractivity contribution in [1.29, 1.82) is 0 Å². The molecular weight excluding hydrogens is 391 g/mol. The van der Waals surface area contributed by atoms with Crippen molar-refractivity contribution in [2.45, 2.75) is 11.8 Å². The molecule has 0 spiro atoms. The van der Waals surface area contributed by atoms with E-state index >= 15 is 0 Å². The first-order valence-corrected chi connectivity index (χ1v) is 10.8. The summed E-state index contributed by atoms with van der Waals surface area (Å²) in [6, 6.07) is 15.0. The number of halogens is 1. The molecule has 6 nitrogen and oxygen atoms in total. The van der Waals surface area contributed by atoms with Gasteiger partial charge in [0.05, 0.1) is 10.6 Å². The topological polar surface area (TPSA) is 66.4 Å². The van der Waals surface area contributed by atoms with Crippen molar-refractivity contribution in [2.75, 3.05) is 31.1 Å². The van der Waals surface area contributed by atoms with Gasteiger partial charge in [0, 0.05) is 37.8 Å². The van der Waals surface area contributed by atoms with E-state index in [9.17, 15) is 12.8 Å². The van der Waals surface area contributed by atoms with E-state index in [-0.39, 0.29) is 4.90 Å². The van der Waals surface area contributed by atoms with Crippen LogP contribution < -0.4 is 4.90 Å². The fraction of sp³-hybridized carbons (Fsp3) is 0.238. The molecule has 1 fully saturated rings. The van der Waals surface area contributed by atoms with Crippen LogP contribution in [0.15, 0.2) is 65.8 Å². The maximum Gasteiger partial charge on any atom is 0.243 e. The average molecular weight is 412 g/mol. The Kier molecular flexibility index (Phi) is 5.29. The number of piperazine rings is 1. The predicted octanol–water partition coefficient (Wildman–Crippen LogP) is 3.10. The van der Waals surface area contributed by atoms with Gasteiger partial charge < -0.3 is 4.90 Å². The molecule has 4 rings (SSSR count). The lowest BCUT2D eigenvalue weighted by Crippen LogP contribution is -2.48. The molecule has 150 valence electrons. The quantitative estimate of drug-likeness (QED) is 0.659. The smallest absolute Gasteiger partial charge is 0.243 e. The first-order valence-electron chi connectivity index (χ1n) is 9.33. The van der Waals surface area contributed by atoms with Crippen LogP contribution in [0.3, 0.4) is 0 Å². The Labute approximate surface area is 169 Å². The van der Waals surface area contributed by atoms with E-state index in [0.717, 1.165) is 29.2 Å². The minimum absolute atomic E-state index is 0.107. The number of aromatic nitrogens is 2. The molecule has 1 saturated heterocycles. The summed E-state index contributed by atoms with van der Waals surface area (Å²) in [6.07, 6.45) is 1.53. The highest BCUT2D eigenvalue weighted by atomic mass is 32.2. The molecule has 29 heavy (non-hydrogen) atoms. The monoisotopic (exact) mass is 412 g/mol. The Balaban J connectivity index is 1.48. The van der Waals surface area contributed by atoms with Gasteiger partial charge in [0.25, 0.3) is 0 Å². The number of rotatable bonds is 4. The molecule has 8 heteroatoms. The zero-order valence-corrected chi connectivity index (χ0v) is 16.8. The van der Waals surface area contributed by atoms with Crippen molar-refractivity contribution < 1.29 is 12.8 Å². The molecule has 3 aromatic rings. The zero-order valence-electron chi connectivity index (χ0n) is 16.0. The van der Waals surface area contributed by atoms with Crippen LogP contribution in [-0.4, -0.2) is 48.9 Å². The lowest BCUT2D eigenvalue weighted by molar-refractivity contribution is 0.383. The Bertz CT molecular complexity index is 1090. The van der Waals surface area contributed by atoms with Gasteiger partial charge in [-0.15, -0.1) is 0 Å². The maximum absolute atomic E-state index is 13.1. The summed E-state index contributed by atoms with van der Waals surface area (Å²) in [5.41, 5.74) is 3.02. The van der Waals surface area contributed by atoms with E-state index < -0.39 is 15.8 Å². The van der Waals surface area contributed by atoms with Gasteiger partial charge in [-0.2, -0.15) is 4.31 Å². The third-order valence-electron chi connectivity index (χ3n) is 5.01. The number of hydrogen-bond acceptors (Lipinski definition) is 5. The van der Waals surface area contributed by atoms with Gasteiger partial charge in [0.2, 0.25) is 10.0 Å². The van der Waals surface area contributed by atoms with Gasteiger partial charge in [-0.3, -0.25) is 0 Å². The van der Waals surface area contributed by atoms with Crippen LogP contribution in [0.25, 0.3) is 11.3 Å². The van der Waals surface area contributed by atoms with Crippen molar-refractivity contribution in [3.8, 4) is 11.3 Å². The van der Waals surface area contributed by atoms with Gasteiger partial charge in [0.1, 0.15) is 18.0 Å². The highest BCUT2D eigenvalue weighted by molar-refractivity contribution is 7.89. The Morgan fingerprint density at radius 2 is 1.55 bits per heavy atom. The molecule has 0 radical (unpaired) electrons. The van der Waals surface area contributed by atoms with E-state index in [4.69, 9.17) is 0 Å². The molecule has 0 bridgehead atoms. The van der Waals surface area contributed by atoms with Crippen molar-refractivity contribution in [1.82, 2.24) is 14.3 Å². The second-order valence-corrected chi connectivity index (χ2v) is 8.91. The van der Waals surface area contributed by atoms with Crippen LogP contribution in [0.2, 0.25) is 0 Å². The minimum atomic E-state index is -3.63. The van der Waals surface area contributed by atoms with Crippen LogP contribution in [-0.2, 0) is 10.0 Å². The van der Waals surface area contributed by atoms with Gasteiger partial charge in [-0.05, 0) is 31.2 Å². The third kappa shape index (κ3) is 4.13. The molecule has 0 saturated carbocycles. The van der Waals surface area contributed by atoms with Gasteiger partial charge >= 0.3 is 0 Å². The van der Waals surface area contributed by atoms with E-state index in [1.807, 2.05) is 37.3 Å². The van der Waals surface area contributed by atoms with Crippen molar-refractivity contribution in [3.05, 3.63) is 72.3 Å². The van der Waals surface area contributed by atoms with E-state index in [0.29, 0.717) is 26.2 Å². The van der Waals surface area contributed by atoms with Gasteiger partial charge in [-0.1, -0.05) is 29.8 Å². The zero-order chi connectivity index (χ0) is 20.4. The number of hydrogen-bond donors (Lipinski definition) is 0. The molecule has 2 aromatic carbocycles. The second-order valence-electron chi connectivity index (χ2n) is 6.97. The fourth-order valence-corrected chi connectivity index (χ4v) is 4.74. The molecule has 1 aromatic heterocycles.